The van der Waals surface area contributed by atoms with Crippen molar-refractivity contribution in [2.45, 2.75) is 27.4 Å². The van der Waals surface area contributed by atoms with Gasteiger partial charge in [-0.2, -0.15) is 0 Å². The van der Waals surface area contributed by atoms with Crippen LogP contribution in [-0.2, 0) is 16.1 Å². The van der Waals surface area contributed by atoms with Gasteiger partial charge in [-0.3, -0.25) is 4.79 Å². The summed E-state index contributed by atoms with van der Waals surface area (Å²) in [5.74, 6) is -7.71. The molecule has 1 aromatic carbocycles. The maximum absolute atomic E-state index is 13.5. The molecular formula is C17H18F4O3. The van der Waals surface area contributed by atoms with Crippen LogP contribution in [0.15, 0.2) is 17.7 Å². The van der Waals surface area contributed by atoms with Crippen molar-refractivity contribution in [3.63, 3.8) is 0 Å². The van der Waals surface area contributed by atoms with Crippen molar-refractivity contribution in [2.24, 2.45) is 17.3 Å². The van der Waals surface area contributed by atoms with Gasteiger partial charge in [0.25, 0.3) is 0 Å². The number of ether oxygens (including phenoxy) is 1. The molecule has 2 rings (SSSR count). The van der Waals surface area contributed by atoms with E-state index in [9.17, 15) is 22.4 Å². The third kappa shape index (κ3) is 3.31. The molecule has 0 aromatic heterocycles. The molecule has 7 heteroatoms. The first kappa shape index (κ1) is 18.4. The highest BCUT2D eigenvalue weighted by Gasteiger charge is 2.61. The van der Waals surface area contributed by atoms with Gasteiger partial charge < -0.3 is 9.84 Å². The van der Waals surface area contributed by atoms with Crippen LogP contribution in [0.25, 0.3) is 0 Å². The fraction of sp³-hybridized carbons (Fsp3) is 0.471. The Morgan fingerprint density at radius 2 is 1.79 bits per heavy atom. The number of benzene rings is 1. The number of allylic oxidation sites excluding steroid dienone is 1. The summed E-state index contributed by atoms with van der Waals surface area (Å²) >= 11 is 0. The van der Waals surface area contributed by atoms with Crippen molar-refractivity contribution >= 4 is 5.97 Å². The van der Waals surface area contributed by atoms with Crippen molar-refractivity contribution < 1.29 is 32.2 Å². The number of hydrogen-bond donors (Lipinski definition) is 1. The summed E-state index contributed by atoms with van der Waals surface area (Å²) in [5, 5.41) is 9.03. The highest BCUT2D eigenvalue weighted by atomic mass is 19.2. The van der Waals surface area contributed by atoms with E-state index in [4.69, 9.17) is 9.84 Å². The summed E-state index contributed by atoms with van der Waals surface area (Å²) in [7, 11) is 0. The van der Waals surface area contributed by atoms with E-state index in [1.807, 2.05) is 13.8 Å². The Labute approximate surface area is 136 Å². The molecule has 2 atom stereocenters. The molecule has 0 aliphatic heterocycles. The number of carbonyl (C=O) groups excluding carboxylic acids is 1. The molecule has 24 heavy (non-hydrogen) atoms. The molecule has 0 amide bonds. The predicted octanol–water partition coefficient (Wildman–Crippen LogP) is 3.50. The zero-order valence-corrected chi connectivity index (χ0v) is 13.5. The van der Waals surface area contributed by atoms with Gasteiger partial charge in [0, 0.05) is 6.07 Å². The minimum atomic E-state index is -1.58. The smallest absolute Gasteiger partial charge is 0.310 e. The standard InChI is InChI=1S/C17H18F4O3/c1-8(6-22)4-10-13(17(10,2)3)16(23)24-7-9-14(20)11(18)5-12(19)15(9)21/h4-5,10,13,22H,6-7H2,1-3H3/b8-4+. The van der Waals surface area contributed by atoms with Crippen LogP contribution >= 0.6 is 0 Å². The van der Waals surface area contributed by atoms with Gasteiger partial charge in [-0.15, -0.1) is 0 Å². The first-order valence-electron chi connectivity index (χ1n) is 7.37. The molecule has 1 saturated carbocycles. The van der Waals surface area contributed by atoms with Gasteiger partial charge in [0.2, 0.25) is 0 Å². The van der Waals surface area contributed by atoms with Gasteiger partial charge in [-0.05, 0) is 18.3 Å². The quantitative estimate of drug-likeness (QED) is 0.384. The van der Waals surface area contributed by atoms with Crippen molar-refractivity contribution in [1.29, 1.82) is 0 Å². The summed E-state index contributed by atoms with van der Waals surface area (Å²) in [6.07, 6.45) is 1.74. The van der Waals surface area contributed by atoms with Gasteiger partial charge in [-0.1, -0.05) is 25.5 Å². The molecule has 1 aromatic rings. The average Bonchev–Trinajstić information content (AvgIpc) is 3.05. The summed E-state index contributed by atoms with van der Waals surface area (Å²) in [4.78, 5) is 12.1. The molecule has 132 valence electrons. The lowest BCUT2D eigenvalue weighted by Gasteiger charge is -2.09. The summed E-state index contributed by atoms with van der Waals surface area (Å²) in [6.45, 7) is 4.29. The van der Waals surface area contributed by atoms with Gasteiger partial charge in [0.1, 0.15) is 6.61 Å². The lowest BCUT2D eigenvalue weighted by molar-refractivity contribution is -0.147. The van der Waals surface area contributed by atoms with Crippen molar-refractivity contribution in [1.82, 2.24) is 0 Å². The monoisotopic (exact) mass is 346 g/mol. The second-order valence-corrected chi connectivity index (χ2v) is 6.55. The van der Waals surface area contributed by atoms with E-state index in [0.717, 1.165) is 0 Å². The van der Waals surface area contributed by atoms with Crippen molar-refractivity contribution in [3.8, 4) is 0 Å². The first-order chi connectivity index (χ1) is 11.1. The number of carbonyl (C=O) groups is 1. The second-order valence-electron chi connectivity index (χ2n) is 6.55. The number of aliphatic hydroxyl groups is 1. The molecule has 1 aliphatic carbocycles. The topological polar surface area (TPSA) is 46.5 Å². The van der Waals surface area contributed by atoms with Crippen LogP contribution in [0.3, 0.4) is 0 Å². The summed E-state index contributed by atoms with van der Waals surface area (Å²) in [6, 6.07) is 0.0957. The van der Waals surface area contributed by atoms with Crippen LogP contribution in [0.2, 0.25) is 0 Å². The Morgan fingerprint density at radius 3 is 2.29 bits per heavy atom. The largest absolute Gasteiger partial charge is 0.460 e. The van der Waals surface area contributed by atoms with Gasteiger partial charge in [0.05, 0.1) is 18.1 Å². The number of aliphatic hydroxyl groups excluding tert-OH is 1. The van der Waals surface area contributed by atoms with E-state index in [0.29, 0.717) is 5.57 Å². The maximum atomic E-state index is 13.5. The lowest BCUT2D eigenvalue weighted by atomic mass is 10.1. The normalized spacial score (nSPS) is 22.4. The fourth-order valence-electron chi connectivity index (χ4n) is 2.78. The molecular weight excluding hydrogens is 328 g/mol. The number of halogens is 4. The van der Waals surface area contributed by atoms with Crippen molar-refractivity contribution in [2.75, 3.05) is 6.61 Å². The SMILES string of the molecule is C/C(=C\C1C(C(=O)OCc2c(F)c(F)cc(F)c2F)C1(C)C)CO. The van der Waals surface area contributed by atoms with Crippen LogP contribution in [0.1, 0.15) is 26.3 Å². The molecule has 1 aliphatic rings. The number of rotatable bonds is 5. The Kier molecular flexibility index (Phi) is 5.03. The summed E-state index contributed by atoms with van der Waals surface area (Å²) < 4.78 is 58.2. The number of esters is 1. The molecule has 0 spiro atoms. The van der Waals surface area contributed by atoms with E-state index in [-0.39, 0.29) is 18.6 Å². The fourth-order valence-corrected chi connectivity index (χ4v) is 2.78. The minimum Gasteiger partial charge on any atom is -0.460 e. The molecule has 0 heterocycles. The second kappa shape index (κ2) is 6.55. The molecule has 0 saturated heterocycles. The van der Waals surface area contributed by atoms with Crippen LogP contribution in [0, 0.1) is 40.5 Å². The third-order valence-corrected chi connectivity index (χ3v) is 4.44. The van der Waals surface area contributed by atoms with Crippen LogP contribution in [-0.4, -0.2) is 17.7 Å². The molecule has 0 bridgehead atoms. The Hall–Kier alpha value is -1.89. The predicted molar refractivity (Wildman–Crippen MR) is 77.7 cm³/mol. The van der Waals surface area contributed by atoms with E-state index >= 15 is 0 Å². The number of hydrogen-bond acceptors (Lipinski definition) is 3. The molecule has 1 fully saturated rings. The third-order valence-electron chi connectivity index (χ3n) is 4.44. The van der Waals surface area contributed by atoms with E-state index < -0.39 is 52.7 Å². The Bertz CT molecular complexity index is 671. The average molecular weight is 346 g/mol. The lowest BCUT2D eigenvalue weighted by Crippen LogP contribution is -2.13. The van der Waals surface area contributed by atoms with Crippen LogP contribution in [0.4, 0.5) is 17.6 Å². The van der Waals surface area contributed by atoms with Gasteiger partial charge >= 0.3 is 5.97 Å². The van der Waals surface area contributed by atoms with E-state index in [2.05, 4.69) is 0 Å². The molecule has 0 radical (unpaired) electrons. The zero-order valence-electron chi connectivity index (χ0n) is 13.5. The molecule has 1 N–H and O–H groups in total. The minimum absolute atomic E-state index is 0.0957. The Balaban J connectivity index is 2.10. The van der Waals surface area contributed by atoms with Crippen LogP contribution < -0.4 is 0 Å². The summed E-state index contributed by atoms with van der Waals surface area (Å²) in [5.41, 5.74) is -0.705. The van der Waals surface area contributed by atoms with E-state index in [1.165, 1.54) is 0 Å². The first-order valence-corrected chi connectivity index (χ1v) is 7.37. The van der Waals surface area contributed by atoms with E-state index in [1.54, 1.807) is 13.0 Å². The zero-order chi connectivity index (χ0) is 18.2. The Morgan fingerprint density at radius 1 is 1.25 bits per heavy atom. The van der Waals surface area contributed by atoms with Crippen molar-refractivity contribution in [3.05, 3.63) is 46.5 Å². The highest BCUT2D eigenvalue weighted by Crippen LogP contribution is 2.59. The van der Waals surface area contributed by atoms with Gasteiger partial charge in [0.15, 0.2) is 23.3 Å². The molecule has 3 nitrogen and oxygen atoms in total. The molecule has 2 unspecified atom stereocenters. The highest BCUT2D eigenvalue weighted by molar-refractivity contribution is 5.78. The van der Waals surface area contributed by atoms with Gasteiger partial charge in [-0.25, -0.2) is 17.6 Å². The maximum Gasteiger partial charge on any atom is 0.310 e. The van der Waals surface area contributed by atoms with Crippen LogP contribution in [0.5, 0.6) is 0 Å².